The van der Waals surface area contributed by atoms with Gasteiger partial charge in [-0.2, -0.15) is 0 Å². The number of aromatic amines is 1. The van der Waals surface area contributed by atoms with Gasteiger partial charge >= 0.3 is 0 Å². The van der Waals surface area contributed by atoms with Crippen LogP contribution in [-0.2, 0) is 22.1 Å². The van der Waals surface area contributed by atoms with Crippen LogP contribution in [0.15, 0.2) is 9.95 Å². The molecule has 1 aliphatic carbocycles. The number of aromatic nitrogens is 2. The van der Waals surface area contributed by atoms with Crippen molar-refractivity contribution >= 4 is 5.71 Å². The van der Waals surface area contributed by atoms with Crippen molar-refractivity contribution in [1.82, 2.24) is 14.9 Å². The SMILES string of the molecule is CCC1=NOC(CN2CCC3(CCc4c3nc(C(C)(C)C)[nH]c4=O)CC2)C1. The second-order valence-corrected chi connectivity index (χ2v) is 9.52. The zero-order chi connectivity index (χ0) is 19.2. The Morgan fingerprint density at radius 3 is 2.63 bits per heavy atom. The molecule has 1 spiro atoms. The molecule has 3 aliphatic rings. The molecule has 27 heavy (non-hydrogen) atoms. The summed E-state index contributed by atoms with van der Waals surface area (Å²) in [6, 6.07) is 0. The normalized spacial score (nSPS) is 24.7. The Balaban J connectivity index is 1.47. The summed E-state index contributed by atoms with van der Waals surface area (Å²) >= 11 is 0. The third-order valence-corrected chi connectivity index (χ3v) is 6.56. The lowest BCUT2D eigenvalue weighted by atomic mass is 9.76. The van der Waals surface area contributed by atoms with Gasteiger partial charge in [-0.1, -0.05) is 32.9 Å². The molecular formula is C21H32N4O2. The van der Waals surface area contributed by atoms with Crippen molar-refractivity contribution in [2.24, 2.45) is 5.16 Å². The molecule has 4 rings (SSSR count). The van der Waals surface area contributed by atoms with E-state index in [2.05, 4.69) is 42.7 Å². The van der Waals surface area contributed by atoms with E-state index in [0.29, 0.717) is 0 Å². The number of nitrogens with zero attached hydrogens (tertiary/aromatic N) is 3. The van der Waals surface area contributed by atoms with Gasteiger partial charge in [0, 0.05) is 29.4 Å². The number of hydrogen-bond donors (Lipinski definition) is 1. The monoisotopic (exact) mass is 372 g/mol. The molecule has 1 atom stereocenters. The van der Waals surface area contributed by atoms with E-state index in [4.69, 9.17) is 9.82 Å². The molecule has 1 unspecified atom stereocenters. The molecule has 1 N–H and O–H groups in total. The zero-order valence-corrected chi connectivity index (χ0v) is 17.1. The van der Waals surface area contributed by atoms with Gasteiger partial charge in [0.2, 0.25) is 0 Å². The maximum atomic E-state index is 12.6. The number of fused-ring (bicyclic) bond motifs is 2. The van der Waals surface area contributed by atoms with E-state index in [1.54, 1.807) is 0 Å². The second kappa shape index (κ2) is 6.73. The Bertz CT molecular complexity index is 797. The van der Waals surface area contributed by atoms with E-state index in [9.17, 15) is 4.79 Å². The summed E-state index contributed by atoms with van der Waals surface area (Å²) in [6.45, 7) is 11.5. The van der Waals surface area contributed by atoms with Gasteiger partial charge in [0.25, 0.3) is 5.56 Å². The third-order valence-electron chi connectivity index (χ3n) is 6.56. The summed E-state index contributed by atoms with van der Waals surface area (Å²) in [7, 11) is 0. The fraction of sp³-hybridized carbons (Fsp3) is 0.762. The molecule has 0 bridgehead atoms. The Labute approximate surface area is 161 Å². The molecule has 6 nitrogen and oxygen atoms in total. The predicted octanol–water partition coefficient (Wildman–Crippen LogP) is 2.90. The first-order valence-corrected chi connectivity index (χ1v) is 10.4. The molecule has 0 amide bonds. The maximum Gasteiger partial charge on any atom is 0.254 e. The Hall–Kier alpha value is -1.69. The van der Waals surface area contributed by atoms with Crippen LogP contribution in [-0.4, -0.2) is 46.3 Å². The molecule has 1 fully saturated rings. The molecule has 6 heteroatoms. The van der Waals surface area contributed by atoms with Gasteiger partial charge in [0.1, 0.15) is 11.9 Å². The number of piperidine rings is 1. The van der Waals surface area contributed by atoms with Gasteiger partial charge in [-0.05, 0) is 45.2 Å². The lowest BCUT2D eigenvalue weighted by Gasteiger charge is -2.40. The summed E-state index contributed by atoms with van der Waals surface area (Å²) in [5.41, 5.74) is 3.21. The fourth-order valence-corrected chi connectivity index (χ4v) is 4.74. The summed E-state index contributed by atoms with van der Waals surface area (Å²) in [6.07, 6.45) is 6.23. The van der Waals surface area contributed by atoms with Crippen LogP contribution in [0.3, 0.4) is 0 Å². The summed E-state index contributed by atoms with van der Waals surface area (Å²) in [5.74, 6) is 0.818. The fourth-order valence-electron chi connectivity index (χ4n) is 4.74. The summed E-state index contributed by atoms with van der Waals surface area (Å²) in [4.78, 5) is 28.7. The molecule has 0 radical (unpaired) electrons. The molecule has 1 aromatic heterocycles. The summed E-state index contributed by atoms with van der Waals surface area (Å²) in [5, 5.41) is 4.19. The largest absolute Gasteiger partial charge is 0.391 e. The van der Waals surface area contributed by atoms with E-state index < -0.39 is 0 Å². The summed E-state index contributed by atoms with van der Waals surface area (Å²) < 4.78 is 0. The highest BCUT2D eigenvalue weighted by Crippen LogP contribution is 2.44. The molecule has 0 aromatic carbocycles. The Kier molecular flexibility index (Phi) is 4.65. The van der Waals surface area contributed by atoms with E-state index in [0.717, 1.165) is 75.2 Å². The number of H-pyrrole nitrogens is 1. The molecule has 148 valence electrons. The lowest BCUT2D eigenvalue weighted by molar-refractivity contribution is 0.0380. The number of rotatable bonds is 3. The number of nitrogens with one attached hydrogen (secondary N) is 1. The zero-order valence-electron chi connectivity index (χ0n) is 17.1. The maximum absolute atomic E-state index is 12.6. The van der Waals surface area contributed by atoms with Crippen LogP contribution in [0.4, 0.5) is 0 Å². The van der Waals surface area contributed by atoms with Crippen LogP contribution in [0.2, 0.25) is 0 Å². The van der Waals surface area contributed by atoms with Crippen molar-refractivity contribution in [3.8, 4) is 0 Å². The molecule has 3 heterocycles. The van der Waals surface area contributed by atoms with E-state index in [-0.39, 0.29) is 22.5 Å². The Morgan fingerprint density at radius 1 is 1.26 bits per heavy atom. The van der Waals surface area contributed by atoms with Crippen molar-refractivity contribution in [1.29, 1.82) is 0 Å². The van der Waals surface area contributed by atoms with Crippen LogP contribution in [0.5, 0.6) is 0 Å². The van der Waals surface area contributed by atoms with Crippen molar-refractivity contribution in [3.05, 3.63) is 27.4 Å². The quantitative estimate of drug-likeness (QED) is 0.886. The van der Waals surface area contributed by atoms with Crippen LogP contribution >= 0.6 is 0 Å². The van der Waals surface area contributed by atoms with Gasteiger partial charge in [-0.25, -0.2) is 4.98 Å². The first-order valence-electron chi connectivity index (χ1n) is 10.4. The van der Waals surface area contributed by atoms with E-state index >= 15 is 0 Å². The van der Waals surface area contributed by atoms with E-state index in [1.165, 1.54) is 5.71 Å². The second-order valence-electron chi connectivity index (χ2n) is 9.52. The molecule has 0 saturated carbocycles. The molecule has 1 saturated heterocycles. The minimum atomic E-state index is -0.143. The number of likely N-dealkylation sites (tertiary alicyclic amines) is 1. The lowest BCUT2D eigenvalue weighted by Crippen LogP contribution is -2.45. The highest BCUT2D eigenvalue weighted by Gasteiger charge is 2.44. The average molecular weight is 373 g/mol. The Morgan fingerprint density at radius 2 is 2.00 bits per heavy atom. The minimum Gasteiger partial charge on any atom is -0.391 e. The van der Waals surface area contributed by atoms with Crippen molar-refractivity contribution in [3.63, 3.8) is 0 Å². The highest BCUT2D eigenvalue weighted by atomic mass is 16.6. The van der Waals surface area contributed by atoms with Crippen molar-refractivity contribution in [2.75, 3.05) is 19.6 Å². The smallest absolute Gasteiger partial charge is 0.254 e. The van der Waals surface area contributed by atoms with Gasteiger partial charge in [0.15, 0.2) is 0 Å². The predicted molar refractivity (Wildman–Crippen MR) is 106 cm³/mol. The first-order chi connectivity index (χ1) is 12.8. The van der Waals surface area contributed by atoms with Gasteiger partial charge in [-0.15, -0.1) is 0 Å². The van der Waals surface area contributed by atoms with Crippen LogP contribution in [0, 0.1) is 0 Å². The van der Waals surface area contributed by atoms with Gasteiger partial charge in [-0.3, -0.25) is 9.69 Å². The topological polar surface area (TPSA) is 70.6 Å². The van der Waals surface area contributed by atoms with Gasteiger partial charge in [0.05, 0.1) is 11.4 Å². The average Bonchev–Trinajstić information content (AvgIpc) is 3.22. The van der Waals surface area contributed by atoms with Crippen LogP contribution < -0.4 is 5.56 Å². The van der Waals surface area contributed by atoms with E-state index in [1.807, 2.05) is 0 Å². The molecular weight excluding hydrogens is 340 g/mol. The van der Waals surface area contributed by atoms with Crippen molar-refractivity contribution in [2.45, 2.75) is 83.2 Å². The minimum absolute atomic E-state index is 0.0767. The van der Waals surface area contributed by atoms with Crippen LogP contribution in [0.1, 0.15) is 76.9 Å². The highest BCUT2D eigenvalue weighted by molar-refractivity contribution is 5.85. The first kappa shape index (κ1) is 18.7. The number of hydrogen-bond acceptors (Lipinski definition) is 5. The molecule has 1 aromatic rings. The standard InChI is InChI=1S/C21H32N4O2/c1-5-14-12-15(27-24-14)13-25-10-8-21(9-11-25)7-6-16-17(21)22-19(20(2,3)4)23-18(16)26/h15H,5-13H2,1-4H3,(H,22,23,26). The van der Waals surface area contributed by atoms with Crippen LogP contribution in [0.25, 0.3) is 0 Å². The van der Waals surface area contributed by atoms with Gasteiger partial charge < -0.3 is 9.82 Å². The number of oxime groups is 1. The third kappa shape index (κ3) is 3.44. The molecule has 2 aliphatic heterocycles. The van der Waals surface area contributed by atoms with Crippen molar-refractivity contribution < 1.29 is 4.84 Å².